The summed E-state index contributed by atoms with van der Waals surface area (Å²) in [6.07, 6.45) is 1.52. The van der Waals surface area contributed by atoms with Crippen molar-refractivity contribution in [3.05, 3.63) is 0 Å². The summed E-state index contributed by atoms with van der Waals surface area (Å²) < 4.78 is 0. The van der Waals surface area contributed by atoms with E-state index in [1.807, 2.05) is 25.9 Å². The van der Waals surface area contributed by atoms with Crippen LogP contribution in [0.2, 0.25) is 0 Å². The van der Waals surface area contributed by atoms with Gasteiger partial charge in [0.25, 0.3) is 0 Å². The van der Waals surface area contributed by atoms with Crippen LogP contribution in [0.15, 0.2) is 4.99 Å². The third kappa shape index (κ3) is 2.71. The molecule has 0 bridgehead atoms. The fraction of sp³-hybridized carbons (Fsp3) is 0.800. The first-order chi connectivity index (χ1) is 3.68. The quantitative estimate of drug-likeness (QED) is 0.402. The largest absolute Gasteiger partial charge is 0.297 e. The zero-order chi connectivity index (χ0) is 6.57. The van der Waals surface area contributed by atoms with Gasteiger partial charge < -0.3 is 0 Å². The Morgan fingerprint density at radius 1 is 1.62 bits per heavy atom. The smallest absolute Gasteiger partial charge is 0.152 e. The molecule has 0 saturated carbocycles. The Balaban J connectivity index is 3.47. The Morgan fingerprint density at radius 3 is 2.25 bits per heavy atom. The highest BCUT2D eigenvalue weighted by Gasteiger charge is 1.96. The monoisotopic (exact) mass is 115 g/mol. The Labute approximate surface area is 50.2 Å². The molecule has 1 atom stereocenters. The van der Waals surface area contributed by atoms with Gasteiger partial charge in [-0.1, -0.05) is 0 Å². The summed E-state index contributed by atoms with van der Waals surface area (Å²) in [5.74, 6) is 0. The normalized spacial score (nSPS) is 15.6. The van der Waals surface area contributed by atoms with E-state index in [1.165, 1.54) is 0 Å². The first kappa shape index (κ1) is 7.59. The molecule has 0 heterocycles. The van der Waals surface area contributed by atoms with Crippen molar-refractivity contribution in [1.82, 2.24) is 4.90 Å². The third-order valence-corrected chi connectivity index (χ3v) is 0.831. The Bertz CT molecular complexity index is 77.7. The lowest BCUT2D eigenvalue weighted by atomic mass is 10.7. The molecule has 0 aliphatic rings. The first-order valence-electron chi connectivity index (χ1n) is 2.58. The van der Waals surface area contributed by atoms with Crippen molar-refractivity contribution in [3.8, 4) is 0 Å². The number of nitrogens with two attached hydrogens (primary N) is 1. The van der Waals surface area contributed by atoms with Crippen LogP contribution >= 0.6 is 0 Å². The second-order valence-electron chi connectivity index (χ2n) is 1.78. The number of hydrogen-bond donors (Lipinski definition) is 1. The van der Waals surface area contributed by atoms with E-state index >= 15 is 0 Å². The molecular weight excluding hydrogens is 102 g/mol. The van der Waals surface area contributed by atoms with Crippen LogP contribution in [0.5, 0.6) is 0 Å². The molecule has 0 aliphatic heterocycles. The lowest BCUT2D eigenvalue weighted by Crippen LogP contribution is -2.34. The molecule has 0 amide bonds. The van der Waals surface area contributed by atoms with Gasteiger partial charge in [-0.05, 0) is 27.2 Å². The SMILES string of the molecule is CC=NC(N)N(C)C. The highest BCUT2D eigenvalue weighted by Crippen LogP contribution is 1.81. The number of hydrogen-bond acceptors (Lipinski definition) is 3. The number of rotatable bonds is 2. The third-order valence-electron chi connectivity index (χ3n) is 0.831. The minimum atomic E-state index is -0.181. The predicted octanol–water partition coefficient (Wildman–Crippen LogP) is -0.119. The van der Waals surface area contributed by atoms with Gasteiger partial charge in [-0.3, -0.25) is 15.6 Å². The van der Waals surface area contributed by atoms with Crippen LogP contribution in [0.4, 0.5) is 0 Å². The molecule has 2 N–H and O–H groups in total. The molecule has 3 heteroatoms. The number of aliphatic imine (C=N–C) groups is 1. The molecule has 0 aromatic rings. The van der Waals surface area contributed by atoms with Crippen LogP contribution in [-0.4, -0.2) is 31.5 Å². The van der Waals surface area contributed by atoms with E-state index in [0.717, 1.165) is 0 Å². The van der Waals surface area contributed by atoms with Crippen molar-refractivity contribution in [3.63, 3.8) is 0 Å². The van der Waals surface area contributed by atoms with Gasteiger partial charge in [0, 0.05) is 0 Å². The van der Waals surface area contributed by atoms with Crippen molar-refractivity contribution in [1.29, 1.82) is 0 Å². The topological polar surface area (TPSA) is 41.6 Å². The number of nitrogens with zero attached hydrogens (tertiary/aromatic N) is 2. The van der Waals surface area contributed by atoms with Crippen LogP contribution in [0.25, 0.3) is 0 Å². The van der Waals surface area contributed by atoms with E-state index in [0.29, 0.717) is 0 Å². The van der Waals surface area contributed by atoms with Gasteiger partial charge in [-0.25, -0.2) is 0 Å². The molecule has 0 rings (SSSR count). The molecule has 0 spiro atoms. The molecule has 0 radical (unpaired) electrons. The zero-order valence-electron chi connectivity index (χ0n) is 5.63. The van der Waals surface area contributed by atoms with Gasteiger partial charge in [0.2, 0.25) is 0 Å². The summed E-state index contributed by atoms with van der Waals surface area (Å²) in [7, 11) is 3.77. The van der Waals surface area contributed by atoms with E-state index in [-0.39, 0.29) is 6.29 Å². The van der Waals surface area contributed by atoms with Gasteiger partial charge in [-0.15, -0.1) is 0 Å². The Hall–Kier alpha value is -0.410. The average Bonchev–Trinajstić information content (AvgIpc) is 1.67. The minimum Gasteiger partial charge on any atom is -0.297 e. The fourth-order valence-corrected chi connectivity index (χ4v) is 0.286. The van der Waals surface area contributed by atoms with Crippen LogP contribution in [-0.2, 0) is 0 Å². The lowest BCUT2D eigenvalue weighted by Gasteiger charge is -2.13. The van der Waals surface area contributed by atoms with E-state index in [9.17, 15) is 0 Å². The van der Waals surface area contributed by atoms with Crippen molar-refractivity contribution in [2.75, 3.05) is 14.1 Å². The van der Waals surface area contributed by atoms with Crippen molar-refractivity contribution in [2.45, 2.75) is 13.2 Å². The fourth-order valence-electron chi connectivity index (χ4n) is 0.286. The predicted molar refractivity (Wildman–Crippen MR) is 35.8 cm³/mol. The molecule has 1 unspecified atom stereocenters. The summed E-state index contributed by atoms with van der Waals surface area (Å²) in [4.78, 5) is 5.74. The van der Waals surface area contributed by atoms with E-state index in [4.69, 9.17) is 5.73 Å². The summed E-state index contributed by atoms with van der Waals surface area (Å²) in [6.45, 7) is 1.85. The molecule has 48 valence electrons. The van der Waals surface area contributed by atoms with Gasteiger partial charge in [-0.2, -0.15) is 0 Å². The van der Waals surface area contributed by atoms with E-state index in [1.54, 1.807) is 6.21 Å². The van der Waals surface area contributed by atoms with E-state index in [2.05, 4.69) is 4.99 Å². The van der Waals surface area contributed by atoms with Gasteiger partial charge >= 0.3 is 0 Å². The standard InChI is InChI=1S/C5H13N3/c1-4-7-5(6)8(2)3/h4-5H,6H2,1-3H3. The van der Waals surface area contributed by atoms with Gasteiger partial charge in [0.15, 0.2) is 6.29 Å². The van der Waals surface area contributed by atoms with Crippen LogP contribution < -0.4 is 5.73 Å². The summed E-state index contributed by atoms with van der Waals surface area (Å²) in [5.41, 5.74) is 5.46. The summed E-state index contributed by atoms with van der Waals surface area (Å²) in [5, 5.41) is 0. The maximum atomic E-state index is 5.46. The molecule has 3 nitrogen and oxygen atoms in total. The Morgan fingerprint density at radius 2 is 2.12 bits per heavy atom. The second-order valence-corrected chi connectivity index (χ2v) is 1.78. The zero-order valence-corrected chi connectivity index (χ0v) is 5.63. The van der Waals surface area contributed by atoms with Crippen molar-refractivity contribution in [2.24, 2.45) is 10.7 Å². The molecule has 0 fully saturated rings. The molecule has 0 aromatic carbocycles. The van der Waals surface area contributed by atoms with Crippen LogP contribution in [0.3, 0.4) is 0 Å². The molecule has 0 aromatic heterocycles. The maximum Gasteiger partial charge on any atom is 0.152 e. The maximum absolute atomic E-state index is 5.46. The second kappa shape index (κ2) is 3.57. The average molecular weight is 115 g/mol. The molecule has 0 aliphatic carbocycles. The summed E-state index contributed by atoms with van der Waals surface area (Å²) in [6, 6.07) is 0. The minimum absolute atomic E-state index is 0.181. The molecule has 8 heavy (non-hydrogen) atoms. The van der Waals surface area contributed by atoms with Crippen LogP contribution in [0, 0.1) is 0 Å². The molecule has 0 saturated heterocycles. The highest BCUT2D eigenvalue weighted by molar-refractivity contribution is 5.53. The molecular formula is C5H13N3. The van der Waals surface area contributed by atoms with E-state index < -0.39 is 0 Å². The summed E-state index contributed by atoms with van der Waals surface area (Å²) >= 11 is 0. The van der Waals surface area contributed by atoms with Crippen molar-refractivity contribution >= 4 is 6.21 Å². The van der Waals surface area contributed by atoms with Crippen molar-refractivity contribution < 1.29 is 0 Å². The lowest BCUT2D eigenvalue weighted by molar-refractivity contribution is 0.311. The highest BCUT2D eigenvalue weighted by atomic mass is 15.3. The first-order valence-corrected chi connectivity index (χ1v) is 2.58. The Kier molecular flexibility index (Phi) is 3.39. The van der Waals surface area contributed by atoms with Crippen LogP contribution in [0.1, 0.15) is 6.92 Å². The van der Waals surface area contributed by atoms with Gasteiger partial charge in [0.1, 0.15) is 0 Å². The van der Waals surface area contributed by atoms with Gasteiger partial charge in [0.05, 0.1) is 0 Å².